The van der Waals surface area contributed by atoms with E-state index < -0.39 is 0 Å². The Labute approximate surface area is 169 Å². The number of ether oxygens (including phenoxy) is 1. The van der Waals surface area contributed by atoms with Crippen LogP contribution in [0.1, 0.15) is 47.7 Å². The first-order chi connectivity index (χ1) is 14.1. The van der Waals surface area contributed by atoms with Crippen LogP contribution in [0.25, 0.3) is 16.6 Å². The lowest BCUT2D eigenvalue weighted by molar-refractivity contribution is -0.160. The molecule has 1 aliphatic carbocycles. The lowest BCUT2D eigenvalue weighted by Gasteiger charge is -2.41. The monoisotopic (exact) mass is 392 g/mol. The summed E-state index contributed by atoms with van der Waals surface area (Å²) < 4.78 is 20.1. The number of pyridine rings is 1. The molecular weight excluding hydrogens is 367 g/mol. The first-order valence-electron chi connectivity index (χ1n) is 10.8. The summed E-state index contributed by atoms with van der Waals surface area (Å²) in [5.41, 5.74) is 7.55. The lowest BCUT2D eigenvalue weighted by atomic mass is 9.76. The van der Waals surface area contributed by atoms with Crippen molar-refractivity contribution in [3.8, 4) is 0 Å². The number of hydrogen-bond donors (Lipinski definition) is 0. The molecule has 1 fully saturated rings. The maximum atomic E-state index is 14.6. The predicted octanol–water partition coefficient (Wildman–Crippen LogP) is 4.16. The van der Waals surface area contributed by atoms with Crippen molar-refractivity contribution < 1.29 is 13.9 Å². The van der Waals surface area contributed by atoms with Gasteiger partial charge in [-0.25, -0.2) is 9.37 Å². The minimum atomic E-state index is -0.151. The zero-order valence-electron chi connectivity index (χ0n) is 16.9. The third-order valence-electron chi connectivity index (χ3n) is 7.60. The summed E-state index contributed by atoms with van der Waals surface area (Å²) in [5, 5.41) is 1.19. The molecule has 2 unspecified atom stereocenters. The van der Waals surface area contributed by atoms with Gasteiger partial charge in [-0.3, -0.25) is 4.79 Å². The van der Waals surface area contributed by atoms with E-state index in [1.807, 2.05) is 6.92 Å². The second-order valence-corrected chi connectivity index (χ2v) is 9.04. The number of aromatic nitrogens is 1. The molecule has 4 aliphatic rings. The molecule has 1 saturated heterocycles. The number of hydrogen-bond acceptors (Lipinski definition) is 4. The molecule has 4 nitrogen and oxygen atoms in total. The number of rotatable bonds is 1. The molecule has 29 heavy (non-hydrogen) atoms. The summed E-state index contributed by atoms with van der Waals surface area (Å²) in [5.74, 6) is 0.259. The van der Waals surface area contributed by atoms with E-state index in [2.05, 4.69) is 17.9 Å². The molecule has 5 heteroatoms. The van der Waals surface area contributed by atoms with E-state index in [4.69, 9.17) is 9.72 Å². The van der Waals surface area contributed by atoms with Gasteiger partial charge in [0.1, 0.15) is 5.82 Å². The van der Waals surface area contributed by atoms with Crippen LogP contribution in [0.2, 0.25) is 0 Å². The Kier molecular flexibility index (Phi) is 3.63. The standard InChI is InChI=1S/C24H25FN2O2/c1-3-14-17-7-21-23-18(10-27(21)9-13(17)11-29-24(14)28)16-6-4-5-15-12(2)19(25)8-20(26-23)22(15)16/h7-8,13-14,17H,3-6,9-11H2,1-2H3/t13?,14-,17?/m1/s1. The molecule has 0 amide bonds. The zero-order valence-corrected chi connectivity index (χ0v) is 16.9. The van der Waals surface area contributed by atoms with Gasteiger partial charge in [-0.2, -0.15) is 0 Å². The van der Waals surface area contributed by atoms with E-state index in [1.165, 1.54) is 16.5 Å². The normalized spacial score (nSPS) is 27.3. The predicted molar refractivity (Wildman–Crippen MR) is 109 cm³/mol. The number of allylic oxidation sites excluding steroid dienone is 1. The minimum Gasteiger partial charge on any atom is -0.465 e. The third kappa shape index (κ3) is 2.30. The van der Waals surface area contributed by atoms with Crippen molar-refractivity contribution in [3.05, 3.63) is 45.9 Å². The smallest absolute Gasteiger partial charge is 0.309 e. The molecule has 3 atom stereocenters. The van der Waals surface area contributed by atoms with Crippen LogP contribution in [0.5, 0.6) is 0 Å². The molecule has 1 aromatic heterocycles. The number of esters is 1. The fourth-order valence-corrected chi connectivity index (χ4v) is 6.10. The van der Waals surface area contributed by atoms with Crippen LogP contribution in [0.3, 0.4) is 0 Å². The average Bonchev–Trinajstić information content (AvgIpc) is 3.08. The Morgan fingerprint density at radius 3 is 2.93 bits per heavy atom. The van der Waals surface area contributed by atoms with Crippen LogP contribution in [0, 0.1) is 30.5 Å². The highest BCUT2D eigenvalue weighted by Crippen LogP contribution is 2.46. The quantitative estimate of drug-likeness (QED) is 0.684. The summed E-state index contributed by atoms with van der Waals surface area (Å²) in [6.45, 7) is 6.22. The van der Waals surface area contributed by atoms with Gasteiger partial charge in [-0.15, -0.1) is 0 Å². The summed E-state index contributed by atoms with van der Waals surface area (Å²) in [7, 11) is 0. The van der Waals surface area contributed by atoms with E-state index >= 15 is 0 Å². The number of benzene rings is 1. The number of fused-ring (bicyclic) bond motifs is 5. The topological polar surface area (TPSA) is 42.4 Å². The number of nitrogens with zero attached hydrogens (tertiary/aromatic N) is 2. The molecule has 0 saturated carbocycles. The molecule has 4 heterocycles. The van der Waals surface area contributed by atoms with Crippen LogP contribution in [0.15, 0.2) is 12.1 Å². The van der Waals surface area contributed by atoms with Crippen LogP contribution in [-0.4, -0.2) is 29.0 Å². The summed E-state index contributed by atoms with van der Waals surface area (Å²) >= 11 is 0. The Morgan fingerprint density at radius 1 is 1.28 bits per heavy atom. The van der Waals surface area contributed by atoms with Gasteiger partial charge in [0, 0.05) is 41.9 Å². The van der Waals surface area contributed by atoms with E-state index in [0.717, 1.165) is 66.8 Å². The molecule has 2 aromatic rings. The number of carbonyl (C=O) groups is 1. The molecule has 0 spiro atoms. The van der Waals surface area contributed by atoms with Crippen molar-refractivity contribution in [1.82, 2.24) is 9.88 Å². The van der Waals surface area contributed by atoms with Gasteiger partial charge in [0.15, 0.2) is 0 Å². The SMILES string of the molecule is CC[C@H]1C(=O)OCC2CN3Cc4c(nc5cc(F)c(C)c6c5c4CCC6)C3=CC21. The van der Waals surface area contributed by atoms with Crippen molar-refractivity contribution in [3.63, 3.8) is 0 Å². The van der Waals surface area contributed by atoms with Gasteiger partial charge in [0.05, 0.1) is 29.4 Å². The number of carbonyl (C=O) groups excluding carboxylic acids is 1. The van der Waals surface area contributed by atoms with Gasteiger partial charge in [0.25, 0.3) is 0 Å². The summed E-state index contributed by atoms with van der Waals surface area (Å²) in [6, 6.07) is 1.62. The summed E-state index contributed by atoms with van der Waals surface area (Å²) in [6.07, 6.45) is 6.09. The molecule has 0 bridgehead atoms. The Hall–Kier alpha value is -2.43. The molecule has 0 radical (unpaired) electrons. The highest BCUT2D eigenvalue weighted by molar-refractivity contribution is 5.92. The minimum absolute atomic E-state index is 0.0685. The van der Waals surface area contributed by atoms with E-state index in [0.29, 0.717) is 12.5 Å². The van der Waals surface area contributed by atoms with Gasteiger partial charge < -0.3 is 9.64 Å². The Morgan fingerprint density at radius 2 is 2.10 bits per heavy atom. The van der Waals surface area contributed by atoms with Crippen molar-refractivity contribution in [2.75, 3.05) is 13.2 Å². The Bertz CT molecular complexity index is 1110. The summed E-state index contributed by atoms with van der Waals surface area (Å²) in [4.78, 5) is 19.7. The molecule has 150 valence electrons. The third-order valence-corrected chi connectivity index (χ3v) is 7.60. The largest absolute Gasteiger partial charge is 0.465 e. The van der Waals surface area contributed by atoms with Crippen LogP contribution < -0.4 is 0 Å². The van der Waals surface area contributed by atoms with Crippen molar-refractivity contribution in [1.29, 1.82) is 0 Å². The molecule has 0 N–H and O–H groups in total. The van der Waals surface area contributed by atoms with Gasteiger partial charge in [-0.05, 0) is 49.3 Å². The van der Waals surface area contributed by atoms with Gasteiger partial charge in [0.2, 0.25) is 0 Å². The average molecular weight is 392 g/mol. The number of cyclic esters (lactones) is 1. The fraction of sp³-hybridized carbons (Fsp3) is 0.500. The van der Waals surface area contributed by atoms with Crippen molar-refractivity contribution in [2.45, 2.75) is 46.1 Å². The first-order valence-corrected chi connectivity index (χ1v) is 10.8. The maximum absolute atomic E-state index is 14.6. The molecule has 6 rings (SSSR count). The highest BCUT2D eigenvalue weighted by Gasteiger charge is 2.44. The fourth-order valence-electron chi connectivity index (χ4n) is 6.10. The van der Waals surface area contributed by atoms with Crippen LogP contribution in [0.4, 0.5) is 4.39 Å². The van der Waals surface area contributed by atoms with E-state index in [-0.39, 0.29) is 23.6 Å². The van der Waals surface area contributed by atoms with E-state index in [1.54, 1.807) is 6.07 Å². The van der Waals surface area contributed by atoms with Gasteiger partial charge >= 0.3 is 5.97 Å². The van der Waals surface area contributed by atoms with E-state index in [9.17, 15) is 9.18 Å². The van der Waals surface area contributed by atoms with Crippen LogP contribution >= 0.6 is 0 Å². The zero-order chi connectivity index (χ0) is 19.9. The maximum Gasteiger partial charge on any atom is 0.309 e. The molecular formula is C24H25FN2O2. The number of halogens is 1. The highest BCUT2D eigenvalue weighted by atomic mass is 19.1. The second kappa shape index (κ2) is 6.04. The number of aryl methyl sites for hydroxylation is 2. The Balaban J connectivity index is 1.55. The van der Waals surface area contributed by atoms with Crippen molar-refractivity contribution in [2.24, 2.45) is 17.8 Å². The van der Waals surface area contributed by atoms with Crippen molar-refractivity contribution >= 4 is 22.6 Å². The first kappa shape index (κ1) is 17.4. The molecule has 1 aromatic carbocycles. The van der Waals surface area contributed by atoms with Crippen LogP contribution in [-0.2, 0) is 28.9 Å². The van der Waals surface area contributed by atoms with Gasteiger partial charge in [-0.1, -0.05) is 13.0 Å². The second-order valence-electron chi connectivity index (χ2n) is 9.04. The molecule has 3 aliphatic heterocycles. The lowest BCUT2D eigenvalue weighted by Crippen LogP contribution is -2.45.